The van der Waals surface area contributed by atoms with Crippen LogP contribution in [0.4, 0.5) is 0 Å². The molecule has 0 bridgehead atoms. The second kappa shape index (κ2) is 4.34. The standard InChI is InChI=1S/C8H17NO2/c1-6(2)7(11-5)8(10)9(3)4/h6-7H,1-5H3. The average molecular weight is 159 g/mol. The van der Waals surface area contributed by atoms with Gasteiger partial charge in [-0.2, -0.15) is 0 Å². The molecule has 0 aromatic rings. The highest BCUT2D eigenvalue weighted by atomic mass is 16.5. The van der Waals surface area contributed by atoms with Crippen LogP contribution in [0, 0.1) is 5.92 Å². The number of likely N-dealkylation sites (N-methyl/N-ethyl adjacent to an activating group) is 1. The highest BCUT2D eigenvalue weighted by molar-refractivity contribution is 5.80. The van der Waals surface area contributed by atoms with Gasteiger partial charge < -0.3 is 9.64 Å². The molecule has 0 fully saturated rings. The van der Waals surface area contributed by atoms with Crippen LogP contribution in [0.3, 0.4) is 0 Å². The van der Waals surface area contributed by atoms with Crippen LogP contribution in [0.2, 0.25) is 0 Å². The largest absolute Gasteiger partial charge is 0.371 e. The van der Waals surface area contributed by atoms with E-state index in [1.165, 1.54) is 0 Å². The van der Waals surface area contributed by atoms with Crippen molar-refractivity contribution in [3.8, 4) is 0 Å². The summed E-state index contributed by atoms with van der Waals surface area (Å²) in [5.41, 5.74) is 0. The third-order valence-corrected chi connectivity index (χ3v) is 1.54. The van der Waals surface area contributed by atoms with Gasteiger partial charge in [-0.05, 0) is 5.92 Å². The molecule has 66 valence electrons. The minimum Gasteiger partial charge on any atom is -0.371 e. The average Bonchev–Trinajstić information content (AvgIpc) is 1.88. The Morgan fingerprint density at radius 1 is 1.36 bits per heavy atom. The first-order valence-electron chi connectivity index (χ1n) is 3.74. The van der Waals surface area contributed by atoms with Gasteiger partial charge in [-0.1, -0.05) is 13.8 Å². The van der Waals surface area contributed by atoms with Gasteiger partial charge in [-0.15, -0.1) is 0 Å². The zero-order chi connectivity index (χ0) is 9.02. The van der Waals surface area contributed by atoms with Crippen LogP contribution in [0.1, 0.15) is 13.8 Å². The number of amides is 1. The van der Waals surface area contributed by atoms with Crippen molar-refractivity contribution in [1.82, 2.24) is 4.90 Å². The molecule has 0 aromatic carbocycles. The van der Waals surface area contributed by atoms with Crippen LogP contribution in [-0.2, 0) is 9.53 Å². The molecule has 0 aliphatic heterocycles. The molecule has 0 aromatic heterocycles. The molecule has 0 heterocycles. The summed E-state index contributed by atoms with van der Waals surface area (Å²) in [5, 5.41) is 0. The smallest absolute Gasteiger partial charge is 0.251 e. The van der Waals surface area contributed by atoms with Gasteiger partial charge in [-0.25, -0.2) is 0 Å². The van der Waals surface area contributed by atoms with Gasteiger partial charge in [0.05, 0.1) is 0 Å². The number of rotatable bonds is 3. The van der Waals surface area contributed by atoms with Gasteiger partial charge in [0, 0.05) is 21.2 Å². The van der Waals surface area contributed by atoms with Crippen molar-refractivity contribution >= 4 is 5.91 Å². The van der Waals surface area contributed by atoms with Crippen molar-refractivity contribution in [1.29, 1.82) is 0 Å². The molecule has 0 saturated carbocycles. The van der Waals surface area contributed by atoms with Gasteiger partial charge >= 0.3 is 0 Å². The van der Waals surface area contributed by atoms with Crippen LogP contribution in [0.15, 0.2) is 0 Å². The topological polar surface area (TPSA) is 29.5 Å². The molecule has 0 aliphatic rings. The molecule has 0 radical (unpaired) electrons. The maximum atomic E-state index is 11.3. The number of methoxy groups -OCH3 is 1. The first kappa shape index (κ1) is 10.4. The first-order chi connectivity index (χ1) is 5.00. The minimum atomic E-state index is -0.301. The second-order valence-electron chi connectivity index (χ2n) is 3.13. The highest BCUT2D eigenvalue weighted by Gasteiger charge is 2.22. The zero-order valence-electron chi connectivity index (χ0n) is 7.92. The molecule has 0 aliphatic carbocycles. The van der Waals surface area contributed by atoms with E-state index in [2.05, 4.69) is 0 Å². The maximum Gasteiger partial charge on any atom is 0.251 e. The minimum absolute atomic E-state index is 0.0301. The Labute approximate surface area is 68.3 Å². The normalized spacial score (nSPS) is 13.3. The Morgan fingerprint density at radius 3 is 1.91 bits per heavy atom. The molecule has 1 unspecified atom stereocenters. The predicted molar refractivity (Wildman–Crippen MR) is 44.3 cm³/mol. The molecule has 0 N–H and O–H groups in total. The summed E-state index contributed by atoms with van der Waals surface area (Å²) in [6, 6.07) is 0. The molecular weight excluding hydrogens is 142 g/mol. The molecule has 1 atom stereocenters. The summed E-state index contributed by atoms with van der Waals surface area (Å²) in [5.74, 6) is 0.261. The Balaban J connectivity index is 4.15. The van der Waals surface area contributed by atoms with Crippen molar-refractivity contribution in [3.63, 3.8) is 0 Å². The van der Waals surface area contributed by atoms with E-state index < -0.39 is 0 Å². The highest BCUT2D eigenvalue weighted by Crippen LogP contribution is 2.07. The molecule has 0 rings (SSSR count). The monoisotopic (exact) mass is 159 g/mol. The zero-order valence-corrected chi connectivity index (χ0v) is 7.92. The molecule has 11 heavy (non-hydrogen) atoms. The fraction of sp³-hybridized carbons (Fsp3) is 0.875. The summed E-state index contributed by atoms with van der Waals surface area (Å²) in [7, 11) is 5.03. The molecule has 3 nitrogen and oxygen atoms in total. The summed E-state index contributed by atoms with van der Waals surface area (Å²) >= 11 is 0. The Hall–Kier alpha value is -0.570. The third kappa shape index (κ3) is 2.89. The third-order valence-electron chi connectivity index (χ3n) is 1.54. The summed E-state index contributed by atoms with van der Waals surface area (Å²) in [4.78, 5) is 12.9. The van der Waals surface area contributed by atoms with E-state index in [1.54, 1.807) is 26.1 Å². The molecule has 1 amide bonds. The van der Waals surface area contributed by atoms with Gasteiger partial charge in [0.15, 0.2) is 0 Å². The maximum absolute atomic E-state index is 11.3. The lowest BCUT2D eigenvalue weighted by Gasteiger charge is -2.21. The van der Waals surface area contributed by atoms with Crippen molar-refractivity contribution in [2.45, 2.75) is 20.0 Å². The number of nitrogens with zero attached hydrogens (tertiary/aromatic N) is 1. The lowest BCUT2D eigenvalue weighted by atomic mass is 10.1. The lowest BCUT2D eigenvalue weighted by molar-refractivity contribution is -0.141. The molecule has 0 saturated heterocycles. The van der Waals surface area contributed by atoms with Crippen LogP contribution < -0.4 is 0 Å². The summed E-state index contributed by atoms with van der Waals surface area (Å²) in [6.07, 6.45) is -0.301. The number of carbonyl (C=O) groups is 1. The molecule has 3 heteroatoms. The van der Waals surface area contributed by atoms with E-state index in [4.69, 9.17) is 4.74 Å². The van der Waals surface area contributed by atoms with E-state index in [0.717, 1.165) is 0 Å². The van der Waals surface area contributed by atoms with Crippen LogP contribution >= 0.6 is 0 Å². The van der Waals surface area contributed by atoms with E-state index in [0.29, 0.717) is 0 Å². The van der Waals surface area contributed by atoms with E-state index in [-0.39, 0.29) is 17.9 Å². The fourth-order valence-electron chi connectivity index (χ4n) is 0.913. The van der Waals surface area contributed by atoms with E-state index in [9.17, 15) is 4.79 Å². The molecule has 0 spiro atoms. The Morgan fingerprint density at radius 2 is 1.82 bits per heavy atom. The number of ether oxygens (including phenoxy) is 1. The van der Waals surface area contributed by atoms with Crippen molar-refractivity contribution < 1.29 is 9.53 Å². The van der Waals surface area contributed by atoms with Crippen molar-refractivity contribution in [3.05, 3.63) is 0 Å². The van der Waals surface area contributed by atoms with E-state index in [1.807, 2.05) is 13.8 Å². The SMILES string of the molecule is COC(C(=O)N(C)C)C(C)C. The van der Waals surface area contributed by atoms with Crippen LogP contribution in [0.5, 0.6) is 0 Å². The molecular formula is C8H17NO2. The number of hydrogen-bond donors (Lipinski definition) is 0. The Kier molecular flexibility index (Phi) is 4.11. The van der Waals surface area contributed by atoms with Gasteiger partial charge in [0.1, 0.15) is 6.10 Å². The van der Waals surface area contributed by atoms with Crippen LogP contribution in [-0.4, -0.2) is 38.1 Å². The Bertz CT molecular complexity index is 132. The fourth-order valence-corrected chi connectivity index (χ4v) is 0.913. The van der Waals surface area contributed by atoms with Crippen molar-refractivity contribution in [2.24, 2.45) is 5.92 Å². The second-order valence-corrected chi connectivity index (χ2v) is 3.13. The van der Waals surface area contributed by atoms with Gasteiger partial charge in [0.2, 0.25) is 0 Å². The van der Waals surface area contributed by atoms with Gasteiger partial charge in [0.25, 0.3) is 5.91 Å². The van der Waals surface area contributed by atoms with Crippen LogP contribution in [0.25, 0.3) is 0 Å². The van der Waals surface area contributed by atoms with Gasteiger partial charge in [-0.3, -0.25) is 4.79 Å². The van der Waals surface area contributed by atoms with Crippen molar-refractivity contribution in [2.75, 3.05) is 21.2 Å². The quantitative estimate of drug-likeness (QED) is 0.608. The van der Waals surface area contributed by atoms with E-state index >= 15 is 0 Å². The number of hydrogen-bond acceptors (Lipinski definition) is 2. The summed E-state index contributed by atoms with van der Waals surface area (Å²) < 4.78 is 5.04. The summed E-state index contributed by atoms with van der Waals surface area (Å²) in [6.45, 7) is 3.94. The number of carbonyl (C=O) groups excluding carboxylic acids is 1. The predicted octanol–water partition coefficient (Wildman–Crippen LogP) is 0.746. The lowest BCUT2D eigenvalue weighted by Crippen LogP contribution is -2.38. The first-order valence-corrected chi connectivity index (χ1v) is 3.74.